The van der Waals surface area contributed by atoms with Crippen molar-refractivity contribution in [2.45, 2.75) is 48.8 Å². The van der Waals surface area contributed by atoms with Crippen LogP contribution in [0.2, 0.25) is 5.02 Å². The SMILES string of the molecule is CC[C@H](C)[C@H](CO)N1C(=O)[C@@H]2[C@H]3C(=O)OCC=C[C@@]3(C)S[C@@]23C=CCN(c2ccc(Cl)cc2)C(=O)C13. The molecule has 9 heteroatoms. The Morgan fingerprint density at radius 3 is 2.53 bits per heavy atom. The normalized spacial score (nSPS) is 35.0. The second-order valence-corrected chi connectivity index (χ2v) is 12.5. The van der Waals surface area contributed by atoms with Crippen molar-refractivity contribution < 1.29 is 24.2 Å². The summed E-state index contributed by atoms with van der Waals surface area (Å²) in [4.78, 5) is 45.2. The topological polar surface area (TPSA) is 87.2 Å². The van der Waals surface area contributed by atoms with Crippen LogP contribution in [0.25, 0.3) is 0 Å². The standard InChI is InChI=1S/C27H31ClN2O5S/c1-4-16(2)19(15-31)30-22-24(33)29(18-9-7-17(28)8-10-18)13-5-12-27(22)20(23(30)32)21-25(34)35-14-6-11-26(21,3)36-27/h5-12,16,19-22,31H,4,13-15H2,1-3H3/t16-,19-,20-,21-,22?,26+,27-/m0/s1. The van der Waals surface area contributed by atoms with Gasteiger partial charge in [0.1, 0.15) is 12.6 Å². The van der Waals surface area contributed by atoms with E-state index in [2.05, 4.69) is 0 Å². The van der Waals surface area contributed by atoms with Gasteiger partial charge in [0, 0.05) is 22.0 Å². The number of ether oxygens (including phenoxy) is 1. The Kier molecular flexibility index (Phi) is 6.50. The summed E-state index contributed by atoms with van der Waals surface area (Å²) in [7, 11) is 0. The van der Waals surface area contributed by atoms with Crippen molar-refractivity contribution in [1.29, 1.82) is 0 Å². The zero-order valence-electron chi connectivity index (χ0n) is 20.6. The molecule has 1 aromatic rings. The number of halogens is 1. The van der Waals surface area contributed by atoms with Crippen LogP contribution >= 0.6 is 23.4 Å². The maximum Gasteiger partial charge on any atom is 0.311 e. The minimum atomic E-state index is -0.976. The van der Waals surface area contributed by atoms with Crippen LogP contribution in [-0.4, -0.2) is 69.1 Å². The quantitative estimate of drug-likeness (QED) is 0.463. The molecule has 1 aromatic carbocycles. The van der Waals surface area contributed by atoms with Crippen molar-refractivity contribution in [1.82, 2.24) is 4.90 Å². The number of fused-ring (bicyclic) bond motifs is 2. The molecule has 192 valence electrons. The van der Waals surface area contributed by atoms with Gasteiger partial charge in [-0.1, -0.05) is 50.1 Å². The van der Waals surface area contributed by atoms with Gasteiger partial charge in [-0.2, -0.15) is 0 Å². The van der Waals surface area contributed by atoms with Crippen LogP contribution in [0.3, 0.4) is 0 Å². The number of rotatable bonds is 5. The first-order chi connectivity index (χ1) is 17.2. The van der Waals surface area contributed by atoms with Crippen LogP contribution in [0.5, 0.6) is 0 Å². The van der Waals surface area contributed by atoms with Gasteiger partial charge in [0.15, 0.2) is 0 Å². The average molecular weight is 531 g/mol. The summed E-state index contributed by atoms with van der Waals surface area (Å²) in [5, 5.41) is 11.0. The predicted octanol–water partition coefficient (Wildman–Crippen LogP) is 3.45. The molecular weight excluding hydrogens is 500 g/mol. The predicted molar refractivity (Wildman–Crippen MR) is 140 cm³/mol. The first-order valence-electron chi connectivity index (χ1n) is 12.4. The minimum absolute atomic E-state index is 0.0452. The van der Waals surface area contributed by atoms with E-state index in [-0.39, 0.29) is 30.9 Å². The molecule has 2 saturated heterocycles. The van der Waals surface area contributed by atoms with Crippen molar-refractivity contribution in [2.75, 3.05) is 24.7 Å². The highest BCUT2D eigenvalue weighted by Crippen LogP contribution is 2.65. The molecule has 1 N–H and O–H groups in total. The van der Waals surface area contributed by atoms with Crippen LogP contribution in [0, 0.1) is 17.8 Å². The Bertz CT molecular complexity index is 1140. The lowest BCUT2D eigenvalue weighted by Crippen LogP contribution is -2.58. The van der Waals surface area contributed by atoms with Gasteiger partial charge in [0.05, 0.1) is 29.2 Å². The molecule has 0 aliphatic carbocycles. The van der Waals surface area contributed by atoms with Gasteiger partial charge < -0.3 is 19.6 Å². The third-order valence-corrected chi connectivity index (χ3v) is 10.3. The van der Waals surface area contributed by atoms with E-state index in [1.54, 1.807) is 34.1 Å². The molecular formula is C27H31ClN2O5S. The molecule has 0 aromatic heterocycles. The summed E-state index contributed by atoms with van der Waals surface area (Å²) in [6.07, 6.45) is 8.38. The molecule has 0 radical (unpaired) electrons. The van der Waals surface area contributed by atoms with Crippen LogP contribution in [0.1, 0.15) is 27.2 Å². The molecule has 4 heterocycles. The Morgan fingerprint density at radius 2 is 1.86 bits per heavy atom. The molecule has 2 amide bonds. The van der Waals surface area contributed by atoms with E-state index in [0.717, 1.165) is 6.42 Å². The smallest absolute Gasteiger partial charge is 0.311 e. The number of amides is 2. The first kappa shape index (κ1) is 25.4. The third-order valence-electron chi connectivity index (χ3n) is 8.23. The fourth-order valence-corrected chi connectivity index (χ4v) is 8.58. The summed E-state index contributed by atoms with van der Waals surface area (Å²) in [5.74, 6) is -2.49. The number of esters is 1. The zero-order chi connectivity index (χ0) is 25.8. The van der Waals surface area contributed by atoms with Gasteiger partial charge >= 0.3 is 5.97 Å². The largest absolute Gasteiger partial charge is 0.461 e. The van der Waals surface area contributed by atoms with Gasteiger partial charge in [0.2, 0.25) is 5.91 Å². The van der Waals surface area contributed by atoms with E-state index in [1.165, 1.54) is 11.8 Å². The molecule has 4 aliphatic rings. The number of aliphatic hydroxyl groups excluding tert-OH is 1. The highest BCUT2D eigenvalue weighted by molar-refractivity contribution is 8.02. The molecule has 7 atom stereocenters. The second kappa shape index (κ2) is 9.23. The maximum atomic E-state index is 14.4. The van der Waals surface area contributed by atoms with Crippen molar-refractivity contribution in [2.24, 2.45) is 17.8 Å². The number of thioether (sulfide) groups is 1. The van der Waals surface area contributed by atoms with Crippen molar-refractivity contribution in [3.63, 3.8) is 0 Å². The van der Waals surface area contributed by atoms with E-state index in [9.17, 15) is 19.5 Å². The second-order valence-electron chi connectivity index (χ2n) is 10.2. The number of anilines is 1. The highest BCUT2D eigenvalue weighted by atomic mass is 35.5. The van der Waals surface area contributed by atoms with Gasteiger partial charge in [-0.15, -0.1) is 11.8 Å². The number of nitrogens with zero attached hydrogens (tertiary/aromatic N) is 2. The van der Waals surface area contributed by atoms with E-state index in [4.69, 9.17) is 16.3 Å². The molecule has 0 bridgehead atoms. The third kappa shape index (κ3) is 3.63. The summed E-state index contributed by atoms with van der Waals surface area (Å²) in [6, 6.07) is 5.60. The fraction of sp³-hybridized carbons (Fsp3) is 0.519. The number of likely N-dealkylation sites (tertiary alicyclic amines) is 1. The molecule has 1 spiro atoms. The first-order valence-corrected chi connectivity index (χ1v) is 13.6. The Hall–Kier alpha value is -2.29. The molecule has 2 fully saturated rings. The fourth-order valence-electron chi connectivity index (χ4n) is 6.32. The van der Waals surface area contributed by atoms with Crippen molar-refractivity contribution in [3.05, 3.63) is 53.6 Å². The van der Waals surface area contributed by atoms with Gasteiger partial charge in [-0.3, -0.25) is 14.4 Å². The van der Waals surface area contributed by atoms with Crippen LogP contribution in [0.15, 0.2) is 48.6 Å². The molecule has 36 heavy (non-hydrogen) atoms. The van der Waals surface area contributed by atoms with Gasteiger partial charge in [-0.05, 0) is 43.2 Å². The number of aliphatic hydroxyl groups is 1. The Labute approximate surface area is 220 Å². The number of hydrogen-bond donors (Lipinski definition) is 1. The zero-order valence-corrected chi connectivity index (χ0v) is 22.2. The minimum Gasteiger partial charge on any atom is -0.461 e. The molecule has 0 saturated carbocycles. The monoisotopic (exact) mass is 530 g/mol. The molecule has 5 rings (SSSR count). The molecule has 1 unspecified atom stereocenters. The number of benzene rings is 1. The number of hydrogen-bond acceptors (Lipinski definition) is 6. The molecule has 4 aliphatic heterocycles. The summed E-state index contributed by atoms with van der Waals surface area (Å²) in [6.45, 7) is 6.14. The van der Waals surface area contributed by atoms with Crippen molar-refractivity contribution >= 4 is 46.8 Å². The van der Waals surface area contributed by atoms with Crippen LogP contribution < -0.4 is 4.90 Å². The van der Waals surface area contributed by atoms with Crippen LogP contribution in [0.4, 0.5) is 5.69 Å². The number of cyclic esters (lactones) is 1. The average Bonchev–Trinajstić information content (AvgIpc) is 3.11. The lowest BCUT2D eigenvalue weighted by atomic mass is 9.75. The molecule has 7 nitrogen and oxygen atoms in total. The highest BCUT2D eigenvalue weighted by Gasteiger charge is 2.74. The van der Waals surface area contributed by atoms with Gasteiger partial charge in [0.25, 0.3) is 5.91 Å². The lowest BCUT2D eigenvalue weighted by Gasteiger charge is -2.41. The van der Waals surface area contributed by atoms with E-state index < -0.39 is 39.4 Å². The summed E-state index contributed by atoms with van der Waals surface area (Å²) >= 11 is 7.59. The number of carbonyl (C=O) groups is 3. The van der Waals surface area contributed by atoms with Crippen LogP contribution in [-0.2, 0) is 19.1 Å². The van der Waals surface area contributed by atoms with E-state index in [0.29, 0.717) is 17.3 Å². The summed E-state index contributed by atoms with van der Waals surface area (Å²) < 4.78 is 3.79. The summed E-state index contributed by atoms with van der Waals surface area (Å²) in [5.41, 5.74) is 0.675. The number of carbonyl (C=O) groups excluding carboxylic acids is 3. The lowest BCUT2D eigenvalue weighted by molar-refractivity contribution is -0.153. The Morgan fingerprint density at radius 1 is 1.14 bits per heavy atom. The van der Waals surface area contributed by atoms with Gasteiger partial charge in [-0.25, -0.2) is 0 Å². The maximum absolute atomic E-state index is 14.4. The Balaban J connectivity index is 1.69. The van der Waals surface area contributed by atoms with E-state index in [1.807, 2.05) is 45.1 Å². The van der Waals surface area contributed by atoms with E-state index >= 15 is 0 Å². The van der Waals surface area contributed by atoms with Crippen molar-refractivity contribution in [3.8, 4) is 0 Å².